The second-order valence-corrected chi connectivity index (χ2v) is 7.71. The zero-order chi connectivity index (χ0) is 16.3. The molecule has 1 N–H and O–H groups in total. The molecule has 1 aromatic carbocycles. The molecule has 23 heavy (non-hydrogen) atoms. The van der Waals surface area contributed by atoms with Gasteiger partial charge in [-0.3, -0.25) is 4.90 Å². The van der Waals surface area contributed by atoms with Gasteiger partial charge in [0, 0.05) is 6.54 Å². The minimum absolute atomic E-state index is 0.0629. The van der Waals surface area contributed by atoms with Gasteiger partial charge in [0.1, 0.15) is 5.76 Å². The minimum Gasteiger partial charge on any atom is -0.468 e. The molecule has 6 heteroatoms. The van der Waals surface area contributed by atoms with E-state index >= 15 is 0 Å². The number of rotatable bonds is 6. The molecule has 1 unspecified atom stereocenters. The summed E-state index contributed by atoms with van der Waals surface area (Å²) in [5, 5.41) is 0. The molecule has 2 heterocycles. The van der Waals surface area contributed by atoms with Crippen LogP contribution in [0.3, 0.4) is 0 Å². The summed E-state index contributed by atoms with van der Waals surface area (Å²) >= 11 is 0. The first-order valence-electron chi connectivity index (χ1n) is 7.90. The van der Waals surface area contributed by atoms with Gasteiger partial charge in [0.2, 0.25) is 10.0 Å². The molecular formula is C17H22N2O3S. The Bertz CT molecular complexity index is 735. The van der Waals surface area contributed by atoms with Gasteiger partial charge in [0.05, 0.1) is 17.2 Å². The van der Waals surface area contributed by atoms with Gasteiger partial charge in [-0.2, -0.15) is 0 Å². The number of hydrogen-bond donors (Lipinski definition) is 1. The van der Waals surface area contributed by atoms with E-state index in [0.717, 1.165) is 37.3 Å². The Kier molecular flexibility index (Phi) is 4.84. The lowest BCUT2D eigenvalue weighted by molar-refractivity contribution is 0.216. The van der Waals surface area contributed by atoms with E-state index in [4.69, 9.17) is 4.42 Å². The van der Waals surface area contributed by atoms with Crippen LogP contribution in [0.1, 0.15) is 30.2 Å². The average molecular weight is 334 g/mol. The summed E-state index contributed by atoms with van der Waals surface area (Å²) in [6.45, 7) is 4.13. The predicted molar refractivity (Wildman–Crippen MR) is 88.6 cm³/mol. The minimum atomic E-state index is -3.52. The molecule has 1 fully saturated rings. The molecular weight excluding hydrogens is 312 g/mol. The van der Waals surface area contributed by atoms with E-state index in [9.17, 15) is 8.42 Å². The molecule has 0 spiro atoms. The number of nitrogens with one attached hydrogen (secondary N) is 1. The predicted octanol–water partition coefficient (Wildman–Crippen LogP) is 2.70. The van der Waals surface area contributed by atoms with Gasteiger partial charge in [-0.25, -0.2) is 13.1 Å². The Morgan fingerprint density at radius 1 is 1.22 bits per heavy atom. The van der Waals surface area contributed by atoms with Crippen LogP contribution in [-0.4, -0.2) is 33.0 Å². The van der Waals surface area contributed by atoms with Crippen molar-refractivity contribution in [2.24, 2.45) is 0 Å². The lowest BCUT2D eigenvalue weighted by Crippen LogP contribution is -2.36. The summed E-state index contributed by atoms with van der Waals surface area (Å²) < 4.78 is 33.3. The molecule has 1 saturated heterocycles. The van der Waals surface area contributed by atoms with Crippen molar-refractivity contribution < 1.29 is 12.8 Å². The standard InChI is InChI=1S/C17H22N2O3S/c1-14-6-4-7-15(12-14)23(20,21)18-13-16(17-8-5-11-22-17)19-9-2-3-10-19/h4-8,11-12,16,18H,2-3,9-10,13H2,1H3. The van der Waals surface area contributed by atoms with Crippen molar-refractivity contribution in [1.29, 1.82) is 0 Å². The van der Waals surface area contributed by atoms with E-state index in [1.54, 1.807) is 24.5 Å². The van der Waals surface area contributed by atoms with Gasteiger partial charge in [0.25, 0.3) is 0 Å². The molecule has 124 valence electrons. The third kappa shape index (κ3) is 3.83. The van der Waals surface area contributed by atoms with E-state index in [0.29, 0.717) is 11.4 Å². The number of furan rings is 1. The van der Waals surface area contributed by atoms with Gasteiger partial charge in [-0.15, -0.1) is 0 Å². The number of likely N-dealkylation sites (tertiary alicyclic amines) is 1. The Labute approximate surface area is 137 Å². The van der Waals surface area contributed by atoms with Crippen molar-refractivity contribution in [2.75, 3.05) is 19.6 Å². The van der Waals surface area contributed by atoms with E-state index in [1.807, 2.05) is 25.1 Å². The van der Waals surface area contributed by atoms with Crippen LogP contribution in [0, 0.1) is 6.92 Å². The zero-order valence-electron chi connectivity index (χ0n) is 13.2. The quantitative estimate of drug-likeness (QED) is 0.882. The Hall–Kier alpha value is -1.63. The molecule has 1 aliphatic rings. The van der Waals surface area contributed by atoms with Crippen molar-refractivity contribution in [2.45, 2.75) is 30.7 Å². The van der Waals surface area contributed by atoms with Crippen LogP contribution in [0.4, 0.5) is 0 Å². The normalized spacial score (nSPS) is 17.4. The van der Waals surface area contributed by atoms with Gasteiger partial charge in [-0.05, 0) is 62.7 Å². The Morgan fingerprint density at radius 2 is 2.00 bits per heavy atom. The highest BCUT2D eigenvalue weighted by molar-refractivity contribution is 7.89. The fraction of sp³-hybridized carbons (Fsp3) is 0.412. The van der Waals surface area contributed by atoms with E-state index in [-0.39, 0.29) is 6.04 Å². The largest absolute Gasteiger partial charge is 0.468 e. The summed E-state index contributed by atoms with van der Waals surface area (Å²) in [6.07, 6.45) is 3.91. The highest BCUT2D eigenvalue weighted by Gasteiger charge is 2.27. The summed E-state index contributed by atoms with van der Waals surface area (Å²) in [6, 6.07) is 10.6. The number of hydrogen-bond acceptors (Lipinski definition) is 4. The third-order valence-electron chi connectivity index (χ3n) is 4.22. The SMILES string of the molecule is Cc1cccc(S(=O)(=O)NCC(c2ccco2)N2CCCC2)c1. The van der Waals surface area contributed by atoms with E-state index in [2.05, 4.69) is 9.62 Å². The first-order valence-corrected chi connectivity index (χ1v) is 9.38. The van der Waals surface area contributed by atoms with Crippen molar-refractivity contribution >= 4 is 10.0 Å². The fourth-order valence-corrected chi connectivity index (χ4v) is 4.14. The highest BCUT2D eigenvalue weighted by Crippen LogP contribution is 2.25. The summed E-state index contributed by atoms with van der Waals surface area (Å²) in [5.41, 5.74) is 0.926. The second kappa shape index (κ2) is 6.86. The molecule has 0 bridgehead atoms. The topological polar surface area (TPSA) is 62.6 Å². The summed E-state index contributed by atoms with van der Waals surface area (Å²) in [7, 11) is -3.52. The molecule has 1 aromatic heterocycles. The van der Waals surface area contributed by atoms with Crippen LogP contribution in [0.15, 0.2) is 52.0 Å². The van der Waals surface area contributed by atoms with E-state index < -0.39 is 10.0 Å². The third-order valence-corrected chi connectivity index (χ3v) is 5.64. The molecule has 0 amide bonds. The van der Waals surface area contributed by atoms with Gasteiger partial charge < -0.3 is 4.42 Å². The van der Waals surface area contributed by atoms with Crippen LogP contribution in [-0.2, 0) is 10.0 Å². The number of nitrogens with zero attached hydrogens (tertiary/aromatic N) is 1. The second-order valence-electron chi connectivity index (χ2n) is 5.94. The van der Waals surface area contributed by atoms with Crippen molar-refractivity contribution in [1.82, 2.24) is 9.62 Å². The van der Waals surface area contributed by atoms with Crippen molar-refractivity contribution in [3.8, 4) is 0 Å². The highest BCUT2D eigenvalue weighted by atomic mass is 32.2. The Balaban J connectivity index is 1.76. The van der Waals surface area contributed by atoms with Crippen LogP contribution in [0.2, 0.25) is 0 Å². The maximum absolute atomic E-state index is 12.5. The maximum atomic E-state index is 12.5. The average Bonchev–Trinajstić information content (AvgIpc) is 3.21. The van der Waals surface area contributed by atoms with Crippen molar-refractivity contribution in [3.05, 3.63) is 54.0 Å². The smallest absolute Gasteiger partial charge is 0.240 e. The zero-order valence-corrected chi connectivity index (χ0v) is 14.1. The number of sulfonamides is 1. The molecule has 5 nitrogen and oxygen atoms in total. The number of benzene rings is 1. The summed E-state index contributed by atoms with van der Waals surface area (Å²) in [5.74, 6) is 0.804. The Morgan fingerprint density at radius 3 is 2.65 bits per heavy atom. The van der Waals surface area contributed by atoms with Crippen LogP contribution >= 0.6 is 0 Å². The van der Waals surface area contributed by atoms with Crippen LogP contribution in [0.5, 0.6) is 0 Å². The molecule has 3 rings (SSSR count). The van der Waals surface area contributed by atoms with Gasteiger partial charge in [0.15, 0.2) is 0 Å². The molecule has 0 aliphatic carbocycles. The van der Waals surface area contributed by atoms with E-state index in [1.165, 1.54) is 0 Å². The fourth-order valence-electron chi connectivity index (χ4n) is 3.00. The molecule has 0 saturated carbocycles. The lowest BCUT2D eigenvalue weighted by Gasteiger charge is -2.26. The van der Waals surface area contributed by atoms with Gasteiger partial charge >= 0.3 is 0 Å². The molecule has 1 atom stereocenters. The van der Waals surface area contributed by atoms with Crippen LogP contribution in [0.25, 0.3) is 0 Å². The first kappa shape index (κ1) is 16.2. The first-order chi connectivity index (χ1) is 11.1. The molecule has 1 aliphatic heterocycles. The maximum Gasteiger partial charge on any atom is 0.240 e. The number of aryl methyl sites for hydroxylation is 1. The van der Waals surface area contributed by atoms with Crippen molar-refractivity contribution in [3.63, 3.8) is 0 Å². The molecule has 0 radical (unpaired) electrons. The summed E-state index contributed by atoms with van der Waals surface area (Å²) in [4.78, 5) is 2.58. The van der Waals surface area contributed by atoms with Gasteiger partial charge in [-0.1, -0.05) is 12.1 Å². The lowest BCUT2D eigenvalue weighted by atomic mass is 10.2. The monoisotopic (exact) mass is 334 g/mol. The van der Waals surface area contributed by atoms with Crippen LogP contribution < -0.4 is 4.72 Å². The molecule has 2 aromatic rings.